The third-order valence-corrected chi connectivity index (χ3v) is 1.21. The van der Waals surface area contributed by atoms with E-state index >= 15 is 0 Å². The van der Waals surface area contributed by atoms with Gasteiger partial charge in [-0.15, -0.1) is 0 Å². The van der Waals surface area contributed by atoms with E-state index in [2.05, 4.69) is 11.7 Å². The molecule has 0 spiro atoms. The summed E-state index contributed by atoms with van der Waals surface area (Å²) in [4.78, 5) is 0.580. The van der Waals surface area contributed by atoms with Crippen LogP contribution in [0.25, 0.3) is 6.08 Å². The predicted molar refractivity (Wildman–Crippen MR) is 38.0 cm³/mol. The Labute approximate surface area is 59.2 Å². The molecule has 3 heteroatoms. The first kappa shape index (κ1) is 6.74. The van der Waals surface area contributed by atoms with E-state index in [1.165, 1.54) is 6.08 Å². The second kappa shape index (κ2) is 2.47. The van der Waals surface area contributed by atoms with Crippen molar-refractivity contribution in [2.45, 2.75) is 6.92 Å². The van der Waals surface area contributed by atoms with E-state index < -0.39 is 0 Å². The number of hydrogen-bond donors (Lipinski definition) is 0. The molecule has 0 saturated heterocycles. The molecule has 1 aromatic rings. The summed E-state index contributed by atoms with van der Waals surface area (Å²) in [6, 6.07) is 3.45. The maximum atomic E-state index is 10.8. The van der Waals surface area contributed by atoms with Crippen LogP contribution in [0, 0.1) is 12.1 Å². The number of aromatic nitrogens is 2. The third kappa shape index (κ3) is 1.13. The lowest BCUT2D eigenvalue weighted by molar-refractivity contribution is -0.675. The van der Waals surface area contributed by atoms with Crippen molar-refractivity contribution >= 4 is 6.08 Å². The van der Waals surface area contributed by atoms with Gasteiger partial charge in [-0.3, -0.25) is 0 Å². The van der Waals surface area contributed by atoms with Crippen LogP contribution in [0.3, 0.4) is 0 Å². The molecule has 0 bridgehead atoms. The first-order valence-electron chi connectivity index (χ1n) is 2.94. The molecule has 0 radical (unpaired) electrons. The minimum Gasteiger partial charge on any atom is -0.594 e. The highest BCUT2D eigenvalue weighted by atomic mass is 16.5. The van der Waals surface area contributed by atoms with E-state index in [0.29, 0.717) is 16.2 Å². The molecular formula is C7H8N2O. The largest absolute Gasteiger partial charge is 0.594 e. The molecule has 10 heavy (non-hydrogen) atoms. The molecular weight excluding hydrogens is 128 g/mol. The van der Waals surface area contributed by atoms with E-state index in [0.717, 1.165) is 0 Å². The van der Waals surface area contributed by atoms with Crippen molar-refractivity contribution in [3.63, 3.8) is 0 Å². The van der Waals surface area contributed by atoms with Gasteiger partial charge in [0.25, 0.3) is 0 Å². The molecule has 1 aromatic heterocycles. The Kier molecular flexibility index (Phi) is 1.67. The van der Waals surface area contributed by atoms with Crippen molar-refractivity contribution < 1.29 is 4.85 Å². The molecule has 0 fully saturated rings. The first-order chi connectivity index (χ1) is 4.74. The maximum Gasteiger partial charge on any atom is 0.218 e. The number of nitrogens with zero attached hydrogens (tertiary/aromatic N) is 2. The van der Waals surface area contributed by atoms with Crippen molar-refractivity contribution in [3.8, 4) is 0 Å². The zero-order chi connectivity index (χ0) is 7.56. The van der Waals surface area contributed by atoms with Gasteiger partial charge < -0.3 is 5.21 Å². The van der Waals surface area contributed by atoms with Crippen LogP contribution in [-0.2, 0) is 0 Å². The smallest absolute Gasteiger partial charge is 0.218 e. The van der Waals surface area contributed by atoms with Gasteiger partial charge in [-0.1, -0.05) is 11.4 Å². The standard InChI is InChI=1S/C7H8N2O/c1-3-7-5-4-6(2)9(10)8-7/h3-5H,1H2,2H3. The SMILES string of the molecule is C=Cc1ccc(C)[n+]([O-])n1. The second-order valence-corrected chi connectivity index (χ2v) is 1.98. The lowest BCUT2D eigenvalue weighted by Gasteiger charge is -1.95. The van der Waals surface area contributed by atoms with Crippen LogP contribution in [0.2, 0.25) is 0 Å². The van der Waals surface area contributed by atoms with Gasteiger partial charge in [0.2, 0.25) is 5.69 Å². The lowest BCUT2D eigenvalue weighted by Crippen LogP contribution is -2.34. The fraction of sp³-hybridized carbons (Fsp3) is 0.143. The molecule has 0 amide bonds. The van der Waals surface area contributed by atoms with E-state index in [1.54, 1.807) is 19.1 Å². The van der Waals surface area contributed by atoms with Crippen LogP contribution in [-0.4, -0.2) is 5.10 Å². The molecule has 52 valence electrons. The molecule has 1 heterocycles. The van der Waals surface area contributed by atoms with E-state index in [1.807, 2.05) is 0 Å². The summed E-state index contributed by atoms with van der Waals surface area (Å²) >= 11 is 0. The summed E-state index contributed by atoms with van der Waals surface area (Å²) in [5.74, 6) is 0. The van der Waals surface area contributed by atoms with Crippen molar-refractivity contribution in [2.75, 3.05) is 0 Å². The number of rotatable bonds is 1. The molecule has 0 atom stereocenters. The highest BCUT2D eigenvalue weighted by Crippen LogP contribution is 1.93. The Bertz CT molecular complexity index is 258. The minimum absolute atomic E-state index is 0.580. The fourth-order valence-corrected chi connectivity index (χ4v) is 0.596. The predicted octanol–water partition coefficient (Wildman–Crippen LogP) is 0.666. The average Bonchev–Trinajstić information content (AvgIpc) is 1.95. The van der Waals surface area contributed by atoms with Gasteiger partial charge in [0.15, 0.2) is 0 Å². The van der Waals surface area contributed by atoms with Gasteiger partial charge in [-0.2, -0.15) is 0 Å². The molecule has 0 aliphatic heterocycles. The zero-order valence-corrected chi connectivity index (χ0v) is 5.74. The van der Waals surface area contributed by atoms with E-state index in [9.17, 15) is 5.21 Å². The van der Waals surface area contributed by atoms with Gasteiger partial charge in [-0.25, -0.2) is 0 Å². The summed E-state index contributed by atoms with van der Waals surface area (Å²) in [5.41, 5.74) is 1.19. The molecule has 3 nitrogen and oxygen atoms in total. The van der Waals surface area contributed by atoms with Gasteiger partial charge in [0.05, 0.1) is 0 Å². The van der Waals surface area contributed by atoms with E-state index in [-0.39, 0.29) is 0 Å². The first-order valence-corrected chi connectivity index (χ1v) is 2.94. The second-order valence-electron chi connectivity index (χ2n) is 1.98. The van der Waals surface area contributed by atoms with Crippen LogP contribution in [0.4, 0.5) is 0 Å². The Morgan fingerprint density at radius 1 is 1.70 bits per heavy atom. The fourth-order valence-electron chi connectivity index (χ4n) is 0.596. The summed E-state index contributed by atoms with van der Waals surface area (Å²) < 4.78 is 0. The molecule has 0 aliphatic rings. The summed E-state index contributed by atoms with van der Waals surface area (Å²) in [6.45, 7) is 5.19. The summed E-state index contributed by atoms with van der Waals surface area (Å²) in [5, 5.41) is 14.4. The van der Waals surface area contributed by atoms with Crippen LogP contribution >= 0.6 is 0 Å². The molecule has 0 N–H and O–H groups in total. The summed E-state index contributed by atoms with van der Waals surface area (Å²) in [7, 11) is 0. The van der Waals surface area contributed by atoms with E-state index in [4.69, 9.17) is 0 Å². The maximum absolute atomic E-state index is 10.8. The molecule has 0 aromatic carbocycles. The normalized spacial score (nSPS) is 9.30. The van der Waals surface area contributed by atoms with Crippen LogP contribution < -0.4 is 4.85 Å². The van der Waals surface area contributed by atoms with Crippen molar-refractivity contribution in [1.29, 1.82) is 0 Å². The quantitative estimate of drug-likeness (QED) is 0.420. The Morgan fingerprint density at radius 3 is 2.90 bits per heavy atom. The molecule has 0 aliphatic carbocycles. The van der Waals surface area contributed by atoms with Gasteiger partial charge in [-0.05, 0) is 12.1 Å². The van der Waals surface area contributed by atoms with Crippen LogP contribution in [0.5, 0.6) is 0 Å². The monoisotopic (exact) mass is 136 g/mol. The van der Waals surface area contributed by atoms with Gasteiger partial charge in [0.1, 0.15) is 5.69 Å². The lowest BCUT2D eigenvalue weighted by atomic mass is 10.3. The topological polar surface area (TPSA) is 39.8 Å². The van der Waals surface area contributed by atoms with Crippen LogP contribution in [0.15, 0.2) is 18.7 Å². The van der Waals surface area contributed by atoms with Crippen molar-refractivity contribution in [3.05, 3.63) is 35.3 Å². The summed E-state index contributed by atoms with van der Waals surface area (Å²) in [6.07, 6.45) is 1.54. The van der Waals surface area contributed by atoms with Crippen LogP contribution in [0.1, 0.15) is 11.4 Å². The Morgan fingerprint density at radius 2 is 2.40 bits per heavy atom. The number of aryl methyl sites for hydroxylation is 1. The van der Waals surface area contributed by atoms with Crippen molar-refractivity contribution in [1.82, 2.24) is 5.10 Å². The molecule has 1 rings (SSSR count). The molecule has 0 unspecified atom stereocenters. The number of hydrogen-bond acceptors (Lipinski definition) is 2. The zero-order valence-electron chi connectivity index (χ0n) is 5.74. The Hall–Kier alpha value is -1.38. The average molecular weight is 136 g/mol. The Balaban J connectivity index is 3.16. The van der Waals surface area contributed by atoms with Crippen molar-refractivity contribution in [2.24, 2.45) is 0 Å². The minimum atomic E-state index is 0.580. The highest BCUT2D eigenvalue weighted by molar-refractivity contribution is 5.39. The third-order valence-electron chi connectivity index (χ3n) is 1.21. The van der Waals surface area contributed by atoms with Gasteiger partial charge >= 0.3 is 0 Å². The van der Waals surface area contributed by atoms with Gasteiger partial charge in [0, 0.05) is 18.1 Å². The molecule has 0 saturated carbocycles. The highest BCUT2D eigenvalue weighted by Gasteiger charge is 1.98.